The molecule has 25 heavy (non-hydrogen) atoms. The van der Waals surface area contributed by atoms with E-state index in [0.29, 0.717) is 6.04 Å². The highest BCUT2D eigenvalue weighted by atomic mass is 16.2. The van der Waals surface area contributed by atoms with Gasteiger partial charge in [-0.05, 0) is 56.2 Å². The van der Waals surface area contributed by atoms with E-state index < -0.39 is 0 Å². The number of anilines is 1. The van der Waals surface area contributed by atoms with Crippen LogP contribution in [0.3, 0.4) is 0 Å². The van der Waals surface area contributed by atoms with Crippen molar-refractivity contribution < 1.29 is 9.59 Å². The Hall–Kier alpha value is -1.88. The lowest BCUT2D eigenvalue weighted by atomic mass is 9.68. The van der Waals surface area contributed by atoms with Gasteiger partial charge in [-0.3, -0.25) is 14.5 Å². The fraction of sp³-hybridized carbons (Fsp3) is 0.600. The summed E-state index contributed by atoms with van der Waals surface area (Å²) < 4.78 is 0. The Morgan fingerprint density at radius 2 is 2.04 bits per heavy atom. The summed E-state index contributed by atoms with van der Waals surface area (Å²) in [7, 11) is 0. The summed E-state index contributed by atoms with van der Waals surface area (Å²) in [6.45, 7) is 5.64. The standard InChI is InChI=1S/C20H27N3O2/c1-13-3-4-17-18(11-13)22-19(25)20(17)8-5-16(6-9-20)23-10-7-15(12-23)21-14(2)24/h3-4,11,15-16H,5-10,12H2,1-2H3,(H,21,24)(H,22,25)/t15-,16?,20?/m0/s1. The number of likely N-dealkylation sites (tertiary alicyclic amines) is 1. The number of nitrogens with zero attached hydrogens (tertiary/aromatic N) is 1. The molecule has 0 aromatic heterocycles. The molecule has 2 amide bonds. The molecular formula is C20H27N3O2. The van der Waals surface area contributed by atoms with Crippen molar-refractivity contribution in [3.8, 4) is 0 Å². The molecule has 2 aliphatic heterocycles. The van der Waals surface area contributed by atoms with Gasteiger partial charge in [-0.15, -0.1) is 0 Å². The zero-order valence-electron chi connectivity index (χ0n) is 15.1. The molecule has 1 spiro atoms. The van der Waals surface area contributed by atoms with Gasteiger partial charge in [0.15, 0.2) is 0 Å². The first-order valence-electron chi connectivity index (χ1n) is 9.42. The zero-order chi connectivity index (χ0) is 17.6. The summed E-state index contributed by atoms with van der Waals surface area (Å²) in [5.74, 6) is 0.244. The van der Waals surface area contributed by atoms with Crippen LogP contribution < -0.4 is 10.6 Å². The number of amides is 2. The first-order valence-corrected chi connectivity index (χ1v) is 9.42. The Bertz CT molecular complexity index is 707. The van der Waals surface area contributed by atoms with Gasteiger partial charge >= 0.3 is 0 Å². The van der Waals surface area contributed by atoms with Gasteiger partial charge in [0, 0.05) is 37.8 Å². The number of hydrogen-bond acceptors (Lipinski definition) is 3. The number of rotatable bonds is 2. The van der Waals surface area contributed by atoms with Crippen LogP contribution in [0.15, 0.2) is 18.2 Å². The highest BCUT2D eigenvalue weighted by molar-refractivity contribution is 6.06. The minimum absolute atomic E-state index is 0.0592. The predicted molar refractivity (Wildman–Crippen MR) is 97.5 cm³/mol. The van der Waals surface area contributed by atoms with Gasteiger partial charge in [0.25, 0.3) is 0 Å². The molecule has 1 saturated heterocycles. The third-order valence-corrected chi connectivity index (χ3v) is 6.33. The van der Waals surface area contributed by atoms with Crippen LogP contribution in [0.25, 0.3) is 0 Å². The molecule has 1 aromatic rings. The molecule has 1 aromatic carbocycles. The number of benzene rings is 1. The number of nitrogens with one attached hydrogen (secondary N) is 2. The molecule has 1 aliphatic carbocycles. The normalized spacial score (nSPS) is 31.8. The molecule has 2 heterocycles. The van der Waals surface area contributed by atoms with E-state index in [0.717, 1.165) is 50.9 Å². The van der Waals surface area contributed by atoms with Crippen LogP contribution in [0.4, 0.5) is 5.69 Å². The van der Waals surface area contributed by atoms with E-state index in [1.165, 1.54) is 11.1 Å². The summed E-state index contributed by atoms with van der Waals surface area (Å²) in [6, 6.07) is 7.17. The molecule has 0 unspecified atom stereocenters. The van der Waals surface area contributed by atoms with Gasteiger partial charge in [0.05, 0.1) is 5.41 Å². The summed E-state index contributed by atoms with van der Waals surface area (Å²) in [4.78, 5) is 26.5. The van der Waals surface area contributed by atoms with E-state index in [2.05, 4.69) is 40.7 Å². The second-order valence-electron chi connectivity index (χ2n) is 8.00. The first kappa shape index (κ1) is 16.6. The van der Waals surface area contributed by atoms with E-state index in [4.69, 9.17) is 0 Å². The number of fused-ring (bicyclic) bond motifs is 2. The van der Waals surface area contributed by atoms with Crippen molar-refractivity contribution in [1.82, 2.24) is 10.2 Å². The van der Waals surface area contributed by atoms with Crippen LogP contribution in [0.2, 0.25) is 0 Å². The second kappa shape index (κ2) is 6.13. The SMILES string of the molecule is CC(=O)N[C@H]1CCN(C2CCC3(CC2)C(=O)Nc2cc(C)ccc23)C1. The van der Waals surface area contributed by atoms with Crippen LogP contribution in [-0.2, 0) is 15.0 Å². The topological polar surface area (TPSA) is 61.4 Å². The van der Waals surface area contributed by atoms with Crippen molar-refractivity contribution in [2.24, 2.45) is 0 Å². The highest BCUT2D eigenvalue weighted by Gasteiger charge is 2.49. The van der Waals surface area contributed by atoms with Gasteiger partial charge in [-0.1, -0.05) is 12.1 Å². The van der Waals surface area contributed by atoms with Crippen LogP contribution >= 0.6 is 0 Å². The van der Waals surface area contributed by atoms with Crippen LogP contribution in [-0.4, -0.2) is 41.9 Å². The average Bonchev–Trinajstić information content (AvgIpc) is 3.11. The van der Waals surface area contributed by atoms with Crippen molar-refractivity contribution in [2.75, 3.05) is 18.4 Å². The van der Waals surface area contributed by atoms with E-state index in [-0.39, 0.29) is 23.3 Å². The molecule has 0 radical (unpaired) electrons. The molecule has 4 rings (SSSR count). The number of hydrogen-bond donors (Lipinski definition) is 2. The minimum atomic E-state index is -0.323. The molecular weight excluding hydrogens is 314 g/mol. The summed E-state index contributed by atoms with van der Waals surface area (Å²) in [5.41, 5.74) is 3.07. The third kappa shape index (κ3) is 2.84. The lowest BCUT2D eigenvalue weighted by Crippen LogP contribution is -2.45. The monoisotopic (exact) mass is 341 g/mol. The number of carbonyl (C=O) groups excluding carboxylic acids is 2. The average molecular weight is 341 g/mol. The van der Waals surface area contributed by atoms with Gasteiger partial charge < -0.3 is 10.6 Å². The first-order chi connectivity index (χ1) is 12.0. The fourth-order valence-corrected chi connectivity index (χ4v) is 5.02. The van der Waals surface area contributed by atoms with Crippen LogP contribution in [0.5, 0.6) is 0 Å². The summed E-state index contributed by atoms with van der Waals surface area (Å²) in [6.07, 6.45) is 4.96. The number of carbonyl (C=O) groups is 2. The van der Waals surface area contributed by atoms with Crippen molar-refractivity contribution in [1.29, 1.82) is 0 Å². The van der Waals surface area contributed by atoms with Crippen molar-refractivity contribution >= 4 is 17.5 Å². The van der Waals surface area contributed by atoms with Crippen molar-refractivity contribution in [3.63, 3.8) is 0 Å². The van der Waals surface area contributed by atoms with Gasteiger partial charge in [0.2, 0.25) is 11.8 Å². The quantitative estimate of drug-likeness (QED) is 0.868. The molecule has 3 aliphatic rings. The van der Waals surface area contributed by atoms with E-state index in [1.807, 2.05) is 0 Å². The predicted octanol–water partition coefficient (Wildman–Crippen LogP) is 2.34. The molecule has 2 fully saturated rings. The van der Waals surface area contributed by atoms with E-state index in [9.17, 15) is 9.59 Å². The van der Waals surface area contributed by atoms with E-state index >= 15 is 0 Å². The maximum atomic E-state index is 12.7. The van der Waals surface area contributed by atoms with Crippen molar-refractivity contribution in [2.45, 2.75) is 63.5 Å². The van der Waals surface area contributed by atoms with E-state index in [1.54, 1.807) is 6.92 Å². The van der Waals surface area contributed by atoms with Gasteiger partial charge in [0.1, 0.15) is 0 Å². The maximum Gasteiger partial charge on any atom is 0.235 e. The third-order valence-electron chi connectivity index (χ3n) is 6.33. The highest BCUT2D eigenvalue weighted by Crippen LogP contribution is 2.48. The Balaban J connectivity index is 1.44. The molecule has 1 saturated carbocycles. The lowest BCUT2D eigenvalue weighted by Gasteiger charge is -2.39. The van der Waals surface area contributed by atoms with Crippen LogP contribution in [0, 0.1) is 6.92 Å². The zero-order valence-corrected chi connectivity index (χ0v) is 15.1. The second-order valence-corrected chi connectivity index (χ2v) is 8.00. The largest absolute Gasteiger partial charge is 0.352 e. The summed E-state index contributed by atoms with van der Waals surface area (Å²) >= 11 is 0. The number of aryl methyl sites for hydroxylation is 1. The summed E-state index contributed by atoms with van der Waals surface area (Å²) in [5, 5.41) is 6.15. The van der Waals surface area contributed by atoms with Crippen molar-refractivity contribution in [3.05, 3.63) is 29.3 Å². The Morgan fingerprint density at radius 1 is 1.28 bits per heavy atom. The molecule has 1 atom stereocenters. The minimum Gasteiger partial charge on any atom is -0.352 e. The van der Waals surface area contributed by atoms with Gasteiger partial charge in [-0.25, -0.2) is 0 Å². The molecule has 0 bridgehead atoms. The Labute approximate surface area is 149 Å². The molecule has 5 heteroatoms. The van der Waals surface area contributed by atoms with Gasteiger partial charge in [-0.2, -0.15) is 0 Å². The van der Waals surface area contributed by atoms with Crippen LogP contribution in [0.1, 0.15) is 50.2 Å². The molecule has 2 N–H and O–H groups in total. The Kier molecular flexibility index (Phi) is 4.07. The Morgan fingerprint density at radius 3 is 2.76 bits per heavy atom. The smallest absolute Gasteiger partial charge is 0.235 e. The molecule has 134 valence electrons. The molecule has 5 nitrogen and oxygen atoms in total. The fourth-order valence-electron chi connectivity index (χ4n) is 5.02. The lowest BCUT2D eigenvalue weighted by molar-refractivity contribution is -0.122. The maximum absolute atomic E-state index is 12.7.